The van der Waals surface area contributed by atoms with Gasteiger partial charge in [-0.05, 0) is 37.1 Å². The first kappa shape index (κ1) is 14.5. The maximum absolute atomic E-state index is 11.8. The van der Waals surface area contributed by atoms with Crippen molar-refractivity contribution in [2.75, 3.05) is 17.8 Å². The molecule has 98 valence electrons. The molecule has 1 aromatic rings. The summed E-state index contributed by atoms with van der Waals surface area (Å²) >= 11 is 5.43. The number of halogens is 1. The highest BCUT2D eigenvalue weighted by Gasteiger charge is 2.14. The Kier molecular flexibility index (Phi) is 5.16. The molecular formula is C13H17ClN2O2. The number of imide groups is 1. The Morgan fingerprint density at radius 3 is 2.28 bits per heavy atom. The van der Waals surface area contributed by atoms with E-state index in [1.54, 1.807) is 7.05 Å². The highest BCUT2D eigenvalue weighted by molar-refractivity contribution is 6.19. The molecule has 1 N–H and O–H groups in total. The van der Waals surface area contributed by atoms with Crippen LogP contribution in [-0.2, 0) is 4.79 Å². The topological polar surface area (TPSA) is 49.4 Å². The van der Waals surface area contributed by atoms with Crippen LogP contribution in [0.1, 0.15) is 17.5 Å². The molecule has 0 aromatic heterocycles. The zero-order valence-corrected chi connectivity index (χ0v) is 11.5. The van der Waals surface area contributed by atoms with Crippen LogP contribution in [-0.4, -0.2) is 24.9 Å². The summed E-state index contributed by atoms with van der Waals surface area (Å²) < 4.78 is 0. The lowest BCUT2D eigenvalue weighted by Gasteiger charge is -2.18. The molecule has 0 aliphatic rings. The Labute approximate surface area is 112 Å². The summed E-state index contributed by atoms with van der Waals surface area (Å²) in [6.45, 7) is 3.92. The number of benzene rings is 1. The fourth-order valence-electron chi connectivity index (χ4n) is 1.61. The summed E-state index contributed by atoms with van der Waals surface area (Å²) in [5, 5.41) is 2.28. The highest BCUT2D eigenvalue weighted by atomic mass is 35.5. The molecular weight excluding hydrogens is 252 g/mol. The number of alkyl halides is 1. The van der Waals surface area contributed by atoms with E-state index in [1.807, 2.05) is 32.0 Å². The predicted octanol–water partition coefficient (Wildman–Crippen LogP) is 2.60. The van der Waals surface area contributed by atoms with Gasteiger partial charge in [0.25, 0.3) is 0 Å². The van der Waals surface area contributed by atoms with Gasteiger partial charge in [-0.1, -0.05) is 6.07 Å². The van der Waals surface area contributed by atoms with Crippen LogP contribution in [0.15, 0.2) is 18.2 Å². The van der Waals surface area contributed by atoms with Crippen molar-refractivity contribution in [3.63, 3.8) is 0 Å². The molecule has 4 nitrogen and oxygen atoms in total. The van der Waals surface area contributed by atoms with Crippen molar-refractivity contribution in [3.8, 4) is 0 Å². The number of carbonyl (C=O) groups excluding carboxylic acids is 2. The monoisotopic (exact) mass is 268 g/mol. The van der Waals surface area contributed by atoms with E-state index in [2.05, 4.69) is 5.32 Å². The van der Waals surface area contributed by atoms with E-state index < -0.39 is 6.03 Å². The number of rotatable bonds is 3. The molecule has 1 aromatic carbocycles. The smallest absolute Gasteiger partial charge is 0.297 e. The lowest BCUT2D eigenvalue weighted by molar-refractivity contribution is -0.119. The lowest BCUT2D eigenvalue weighted by atomic mass is 10.1. The summed E-state index contributed by atoms with van der Waals surface area (Å²) in [5.41, 5.74) is 2.89. The molecule has 5 heteroatoms. The molecule has 0 heterocycles. The minimum Gasteiger partial charge on any atom is -0.297 e. The van der Waals surface area contributed by atoms with Crippen LogP contribution in [0.2, 0.25) is 0 Å². The highest BCUT2D eigenvalue weighted by Crippen LogP contribution is 2.17. The molecule has 0 saturated heterocycles. The van der Waals surface area contributed by atoms with E-state index in [-0.39, 0.29) is 18.2 Å². The summed E-state index contributed by atoms with van der Waals surface area (Å²) in [7, 11) is 1.62. The quantitative estimate of drug-likeness (QED) is 0.857. The molecule has 18 heavy (non-hydrogen) atoms. The number of carbonyl (C=O) groups is 2. The largest absolute Gasteiger partial charge is 0.328 e. The van der Waals surface area contributed by atoms with Gasteiger partial charge in [0, 0.05) is 25.0 Å². The minimum absolute atomic E-state index is 0.133. The number of urea groups is 1. The van der Waals surface area contributed by atoms with Crippen molar-refractivity contribution < 1.29 is 9.59 Å². The Morgan fingerprint density at radius 1 is 1.22 bits per heavy atom. The van der Waals surface area contributed by atoms with E-state index in [1.165, 1.54) is 4.90 Å². The summed E-state index contributed by atoms with van der Waals surface area (Å²) in [6.07, 6.45) is 0.133. The van der Waals surface area contributed by atoms with Crippen LogP contribution < -0.4 is 10.2 Å². The van der Waals surface area contributed by atoms with Crippen LogP contribution in [0.5, 0.6) is 0 Å². The average Bonchev–Trinajstić information content (AvgIpc) is 2.26. The van der Waals surface area contributed by atoms with Crippen LogP contribution in [0.4, 0.5) is 10.5 Å². The van der Waals surface area contributed by atoms with Gasteiger partial charge < -0.3 is 0 Å². The van der Waals surface area contributed by atoms with Crippen molar-refractivity contribution in [1.82, 2.24) is 5.32 Å². The van der Waals surface area contributed by atoms with Gasteiger partial charge >= 0.3 is 6.03 Å². The van der Waals surface area contributed by atoms with E-state index in [9.17, 15) is 9.59 Å². The third kappa shape index (κ3) is 4.04. The maximum Gasteiger partial charge on any atom is 0.328 e. The van der Waals surface area contributed by atoms with Crippen LogP contribution in [0.25, 0.3) is 0 Å². The van der Waals surface area contributed by atoms with Gasteiger partial charge in [-0.2, -0.15) is 0 Å². The number of anilines is 1. The van der Waals surface area contributed by atoms with Gasteiger partial charge in [-0.25, -0.2) is 4.79 Å². The van der Waals surface area contributed by atoms with Gasteiger partial charge in [-0.3, -0.25) is 15.0 Å². The van der Waals surface area contributed by atoms with Gasteiger partial charge in [0.2, 0.25) is 5.91 Å². The van der Waals surface area contributed by atoms with Gasteiger partial charge in [0.15, 0.2) is 0 Å². The molecule has 0 spiro atoms. The summed E-state index contributed by atoms with van der Waals surface area (Å²) in [6, 6.07) is 5.35. The molecule has 0 fully saturated rings. The van der Waals surface area contributed by atoms with Crippen molar-refractivity contribution >= 4 is 29.2 Å². The minimum atomic E-state index is -0.449. The second-order valence-corrected chi connectivity index (χ2v) is 4.58. The molecule has 0 atom stereocenters. The summed E-state index contributed by atoms with van der Waals surface area (Å²) in [5.74, 6) is -0.168. The van der Waals surface area contributed by atoms with Gasteiger partial charge in [-0.15, -0.1) is 11.6 Å². The third-order valence-corrected chi connectivity index (χ3v) is 2.66. The van der Waals surface area contributed by atoms with E-state index in [0.717, 1.165) is 16.8 Å². The standard InChI is InChI=1S/C13H17ClN2O2/c1-9-6-10(2)8-11(7-9)16(3)13(18)15-12(17)4-5-14/h6-8H,4-5H2,1-3H3,(H,15,17,18). The third-order valence-electron chi connectivity index (χ3n) is 2.47. The van der Waals surface area contributed by atoms with E-state index >= 15 is 0 Å². The van der Waals surface area contributed by atoms with Crippen molar-refractivity contribution in [1.29, 1.82) is 0 Å². The molecule has 0 aliphatic heterocycles. The SMILES string of the molecule is Cc1cc(C)cc(N(C)C(=O)NC(=O)CCCl)c1. The maximum atomic E-state index is 11.8. The van der Waals surface area contributed by atoms with Crippen molar-refractivity contribution in [2.24, 2.45) is 0 Å². The van der Waals surface area contributed by atoms with Gasteiger partial charge in [0.1, 0.15) is 0 Å². The fourth-order valence-corrected chi connectivity index (χ4v) is 1.78. The number of hydrogen-bond donors (Lipinski definition) is 1. The number of hydrogen-bond acceptors (Lipinski definition) is 2. The zero-order valence-electron chi connectivity index (χ0n) is 10.8. The molecule has 0 unspecified atom stereocenters. The molecule has 0 radical (unpaired) electrons. The Bertz CT molecular complexity index is 440. The second kappa shape index (κ2) is 6.40. The Balaban J connectivity index is 2.77. The molecule has 3 amide bonds. The molecule has 0 saturated carbocycles. The molecule has 1 rings (SSSR count). The van der Waals surface area contributed by atoms with Crippen LogP contribution in [0.3, 0.4) is 0 Å². The molecule has 0 bridgehead atoms. The predicted molar refractivity (Wildman–Crippen MR) is 73.2 cm³/mol. The van der Waals surface area contributed by atoms with E-state index in [4.69, 9.17) is 11.6 Å². The first-order valence-corrected chi connectivity index (χ1v) is 6.19. The van der Waals surface area contributed by atoms with Gasteiger partial charge in [0.05, 0.1) is 0 Å². The Morgan fingerprint density at radius 2 is 1.78 bits per heavy atom. The van der Waals surface area contributed by atoms with Crippen LogP contribution >= 0.6 is 11.6 Å². The van der Waals surface area contributed by atoms with E-state index in [0.29, 0.717) is 0 Å². The van der Waals surface area contributed by atoms with Crippen molar-refractivity contribution in [3.05, 3.63) is 29.3 Å². The lowest BCUT2D eigenvalue weighted by Crippen LogP contribution is -2.40. The number of amides is 3. The van der Waals surface area contributed by atoms with Crippen molar-refractivity contribution in [2.45, 2.75) is 20.3 Å². The fraction of sp³-hybridized carbons (Fsp3) is 0.385. The number of nitrogens with one attached hydrogen (secondary N) is 1. The average molecular weight is 269 g/mol. The Hall–Kier alpha value is -1.55. The first-order chi connectivity index (χ1) is 8.43. The summed E-state index contributed by atoms with van der Waals surface area (Å²) in [4.78, 5) is 24.5. The first-order valence-electron chi connectivity index (χ1n) is 5.66. The normalized spacial score (nSPS) is 10.0. The second-order valence-electron chi connectivity index (χ2n) is 4.20. The zero-order chi connectivity index (χ0) is 13.7. The van der Waals surface area contributed by atoms with Crippen LogP contribution in [0, 0.1) is 13.8 Å². The number of aryl methyl sites for hydroxylation is 2. The molecule has 0 aliphatic carbocycles. The number of nitrogens with zero attached hydrogens (tertiary/aromatic N) is 1.